The van der Waals surface area contributed by atoms with E-state index in [-0.39, 0.29) is 11.9 Å². The summed E-state index contributed by atoms with van der Waals surface area (Å²) in [5.41, 5.74) is 0. The molecule has 0 saturated carbocycles. The van der Waals surface area contributed by atoms with E-state index in [0.29, 0.717) is 0 Å². The van der Waals surface area contributed by atoms with E-state index in [4.69, 9.17) is 0 Å². The van der Waals surface area contributed by atoms with Gasteiger partial charge in [-0.15, -0.1) is 0 Å². The molecule has 0 heterocycles. The lowest BCUT2D eigenvalue weighted by atomic mass is 10.1. The second kappa shape index (κ2) is 10.6. The monoisotopic (exact) mass is 242 g/mol. The van der Waals surface area contributed by atoms with Gasteiger partial charge in [0.15, 0.2) is 0 Å². The van der Waals surface area contributed by atoms with Crippen LogP contribution in [0.25, 0.3) is 0 Å². The van der Waals surface area contributed by atoms with Crippen molar-refractivity contribution in [3.63, 3.8) is 0 Å². The van der Waals surface area contributed by atoms with Gasteiger partial charge in [-0.1, -0.05) is 40.0 Å². The lowest BCUT2D eigenvalue weighted by Crippen LogP contribution is -2.42. The van der Waals surface area contributed by atoms with Gasteiger partial charge in [-0.05, 0) is 32.2 Å². The van der Waals surface area contributed by atoms with Crippen LogP contribution in [-0.2, 0) is 4.79 Å². The summed E-state index contributed by atoms with van der Waals surface area (Å²) in [4.78, 5) is 11.6. The second-order valence-electron chi connectivity index (χ2n) is 5.21. The highest BCUT2D eigenvalue weighted by Gasteiger charge is 2.10. The van der Waals surface area contributed by atoms with Crippen molar-refractivity contribution in [3.05, 3.63) is 0 Å². The summed E-state index contributed by atoms with van der Waals surface area (Å²) >= 11 is 0. The SMILES string of the molecule is CCCCNC(=O)C(C)NCCCCC(C)C. The number of carbonyl (C=O) groups excluding carboxylic acids is 1. The quantitative estimate of drug-likeness (QED) is 0.578. The minimum atomic E-state index is -0.0640. The number of hydrogen-bond donors (Lipinski definition) is 2. The number of rotatable bonds is 10. The molecular formula is C14H30N2O. The zero-order valence-corrected chi connectivity index (χ0v) is 12.0. The van der Waals surface area contributed by atoms with Gasteiger partial charge in [0.1, 0.15) is 0 Å². The normalized spacial score (nSPS) is 12.8. The molecule has 0 fully saturated rings. The molecule has 3 nitrogen and oxygen atoms in total. The van der Waals surface area contributed by atoms with Crippen LogP contribution in [-0.4, -0.2) is 25.0 Å². The van der Waals surface area contributed by atoms with Gasteiger partial charge >= 0.3 is 0 Å². The van der Waals surface area contributed by atoms with E-state index in [9.17, 15) is 4.79 Å². The van der Waals surface area contributed by atoms with Crippen molar-refractivity contribution in [2.45, 2.75) is 65.8 Å². The van der Waals surface area contributed by atoms with Crippen molar-refractivity contribution in [2.24, 2.45) is 5.92 Å². The number of hydrogen-bond acceptors (Lipinski definition) is 2. The Kier molecular flexibility index (Phi) is 10.2. The van der Waals surface area contributed by atoms with Crippen LogP contribution in [0.2, 0.25) is 0 Å². The Morgan fingerprint density at radius 2 is 1.76 bits per heavy atom. The van der Waals surface area contributed by atoms with Crippen LogP contribution in [0.15, 0.2) is 0 Å². The number of unbranched alkanes of at least 4 members (excludes halogenated alkanes) is 2. The van der Waals surface area contributed by atoms with E-state index in [1.165, 1.54) is 12.8 Å². The topological polar surface area (TPSA) is 41.1 Å². The van der Waals surface area contributed by atoms with Gasteiger partial charge in [0, 0.05) is 6.54 Å². The zero-order chi connectivity index (χ0) is 13.1. The summed E-state index contributed by atoms with van der Waals surface area (Å²) in [6.45, 7) is 10.3. The summed E-state index contributed by atoms with van der Waals surface area (Å²) in [5.74, 6) is 0.909. The smallest absolute Gasteiger partial charge is 0.236 e. The predicted octanol–water partition coefficient (Wildman–Crippen LogP) is 2.71. The largest absolute Gasteiger partial charge is 0.355 e. The molecule has 1 amide bonds. The number of amides is 1. The van der Waals surface area contributed by atoms with Crippen molar-refractivity contribution < 1.29 is 4.79 Å². The molecule has 0 aromatic carbocycles. The third-order valence-electron chi connectivity index (χ3n) is 2.88. The molecule has 2 N–H and O–H groups in total. The highest BCUT2D eigenvalue weighted by atomic mass is 16.2. The minimum absolute atomic E-state index is 0.0640. The molecule has 0 bridgehead atoms. The molecule has 1 unspecified atom stereocenters. The fourth-order valence-electron chi connectivity index (χ4n) is 1.63. The molecule has 0 saturated heterocycles. The van der Waals surface area contributed by atoms with Crippen LogP contribution < -0.4 is 10.6 Å². The summed E-state index contributed by atoms with van der Waals surface area (Å²) in [5, 5.41) is 6.21. The Bertz CT molecular complexity index is 193. The first-order chi connectivity index (χ1) is 8.07. The van der Waals surface area contributed by atoms with Crippen molar-refractivity contribution in [2.75, 3.05) is 13.1 Å². The first kappa shape index (κ1) is 16.4. The second-order valence-corrected chi connectivity index (χ2v) is 5.21. The standard InChI is InChI=1S/C14H30N2O/c1-5-6-10-16-14(17)13(4)15-11-8-7-9-12(2)3/h12-13,15H,5-11H2,1-4H3,(H,16,17). The molecule has 0 aromatic rings. The maximum atomic E-state index is 11.6. The van der Waals surface area contributed by atoms with Crippen LogP contribution >= 0.6 is 0 Å². The summed E-state index contributed by atoms with van der Waals surface area (Å²) in [6.07, 6.45) is 5.86. The fourth-order valence-corrected chi connectivity index (χ4v) is 1.63. The van der Waals surface area contributed by atoms with E-state index in [0.717, 1.165) is 38.3 Å². The molecule has 0 aliphatic carbocycles. The Hall–Kier alpha value is -0.570. The first-order valence-electron chi connectivity index (χ1n) is 7.09. The Morgan fingerprint density at radius 1 is 1.06 bits per heavy atom. The van der Waals surface area contributed by atoms with Gasteiger partial charge in [0.05, 0.1) is 6.04 Å². The molecule has 17 heavy (non-hydrogen) atoms. The molecule has 0 spiro atoms. The van der Waals surface area contributed by atoms with E-state index >= 15 is 0 Å². The van der Waals surface area contributed by atoms with E-state index < -0.39 is 0 Å². The van der Waals surface area contributed by atoms with Crippen LogP contribution in [0.3, 0.4) is 0 Å². The van der Waals surface area contributed by atoms with E-state index in [1.54, 1.807) is 0 Å². The molecular weight excluding hydrogens is 212 g/mol. The number of carbonyl (C=O) groups is 1. The molecule has 0 aliphatic rings. The average Bonchev–Trinajstić information content (AvgIpc) is 2.28. The lowest BCUT2D eigenvalue weighted by Gasteiger charge is -2.14. The van der Waals surface area contributed by atoms with E-state index in [1.807, 2.05) is 6.92 Å². The van der Waals surface area contributed by atoms with Crippen molar-refractivity contribution in [1.29, 1.82) is 0 Å². The molecule has 0 radical (unpaired) electrons. The van der Waals surface area contributed by atoms with E-state index in [2.05, 4.69) is 31.4 Å². The third-order valence-corrected chi connectivity index (χ3v) is 2.88. The summed E-state index contributed by atoms with van der Waals surface area (Å²) < 4.78 is 0. The van der Waals surface area contributed by atoms with Gasteiger partial charge in [-0.25, -0.2) is 0 Å². The maximum Gasteiger partial charge on any atom is 0.236 e. The van der Waals surface area contributed by atoms with Gasteiger partial charge in [0.2, 0.25) is 5.91 Å². The average molecular weight is 242 g/mol. The molecule has 1 atom stereocenters. The highest BCUT2D eigenvalue weighted by Crippen LogP contribution is 2.05. The van der Waals surface area contributed by atoms with Crippen LogP contribution in [0, 0.1) is 5.92 Å². The Labute approximate surface area is 107 Å². The van der Waals surface area contributed by atoms with Crippen molar-refractivity contribution in [1.82, 2.24) is 10.6 Å². The first-order valence-corrected chi connectivity index (χ1v) is 7.09. The summed E-state index contributed by atoms with van der Waals surface area (Å²) in [7, 11) is 0. The molecule has 0 aromatic heterocycles. The Morgan fingerprint density at radius 3 is 2.35 bits per heavy atom. The molecule has 0 rings (SSSR count). The van der Waals surface area contributed by atoms with Gasteiger partial charge in [0.25, 0.3) is 0 Å². The zero-order valence-electron chi connectivity index (χ0n) is 12.0. The predicted molar refractivity (Wildman–Crippen MR) is 74.1 cm³/mol. The summed E-state index contributed by atoms with van der Waals surface area (Å²) in [6, 6.07) is -0.0640. The molecule has 0 aliphatic heterocycles. The maximum absolute atomic E-state index is 11.6. The van der Waals surface area contributed by atoms with Crippen molar-refractivity contribution in [3.8, 4) is 0 Å². The Balaban J connectivity index is 3.43. The van der Waals surface area contributed by atoms with Crippen LogP contribution in [0.5, 0.6) is 0 Å². The minimum Gasteiger partial charge on any atom is -0.355 e. The molecule has 3 heteroatoms. The van der Waals surface area contributed by atoms with Gasteiger partial charge in [-0.3, -0.25) is 4.79 Å². The number of nitrogens with one attached hydrogen (secondary N) is 2. The van der Waals surface area contributed by atoms with Crippen molar-refractivity contribution >= 4 is 5.91 Å². The van der Waals surface area contributed by atoms with Gasteiger partial charge < -0.3 is 10.6 Å². The molecule has 102 valence electrons. The van der Waals surface area contributed by atoms with Gasteiger partial charge in [-0.2, -0.15) is 0 Å². The highest BCUT2D eigenvalue weighted by molar-refractivity contribution is 5.81. The van der Waals surface area contributed by atoms with Crippen LogP contribution in [0.1, 0.15) is 59.8 Å². The third kappa shape index (κ3) is 10.3. The van der Waals surface area contributed by atoms with Crippen LogP contribution in [0.4, 0.5) is 0 Å². The lowest BCUT2D eigenvalue weighted by molar-refractivity contribution is -0.122. The fraction of sp³-hybridized carbons (Fsp3) is 0.929.